The maximum atomic E-state index is 13.3. The van der Waals surface area contributed by atoms with Crippen LogP contribution in [0.15, 0.2) is 60.7 Å². The Morgan fingerprint density at radius 3 is 2.31 bits per heavy atom. The van der Waals surface area contributed by atoms with Gasteiger partial charge in [-0.05, 0) is 73.0 Å². The first kappa shape index (κ1) is 24.1. The molecule has 1 aliphatic heterocycles. The third-order valence-corrected chi connectivity index (χ3v) is 6.13. The maximum Gasteiger partial charge on any atom is 0.322 e. The normalized spacial score (nSPS) is 14.6. The summed E-state index contributed by atoms with van der Waals surface area (Å²) in [6, 6.07) is 15.9. The summed E-state index contributed by atoms with van der Waals surface area (Å²) in [5, 5.41) is 5.85. The van der Waals surface area contributed by atoms with Gasteiger partial charge in [0, 0.05) is 24.3 Å². The zero-order valence-corrected chi connectivity index (χ0v) is 19.9. The first-order chi connectivity index (χ1) is 16.9. The quantitative estimate of drug-likeness (QED) is 0.539. The largest absolute Gasteiger partial charge is 0.493 e. The van der Waals surface area contributed by atoms with Crippen LogP contribution in [0.2, 0.25) is 0 Å². The Hall–Kier alpha value is -4.07. The predicted octanol–water partition coefficient (Wildman–Crippen LogP) is 4.71. The molecule has 0 spiro atoms. The molecular weight excluding hydrogens is 449 g/mol. The molecule has 0 radical (unpaired) electrons. The number of halogens is 1. The second-order valence-electron chi connectivity index (χ2n) is 8.38. The molecular formula is C27H28FN3O4. The van der Waals surface area contributed by atoms with Gasteiger partial charge in [0.15, 0.2) is 11.5 Å². The van der Waals surface area contributed by atoms with Crippen molar-refractivity contribution in [2.75, 3.05) is 32.6 Å². The lowest BCUT2D eigenvalue weighted by atomic mass is 9.91. The molecule has 4 rings (SSSR count). The number of urea groups is 1. The number of methoxy groups -OCH3 is 2. The first-order valence-corrected chi connectivity index (χ1v) is 11.3. The Labute approximate surface area is 203 Å². The van der Waals surface area contributed by atoms with Gasteiger partial charge in [-0.3, -0.25) is 4.79 Å². The molecule has 3 amide bonds. The fraction of sp³-hybridized carbons (Fsp3) is 0.259. The number of fused-ring (bicyclic) bond motifs is 1. The highest BCUT2D eigenvalue weighted by molar-refractivity contribution is 5.94. The van der Waals surface area contributed by atoms with Gasteiger partial charge in [-0.25, -0.2) is 9.18 Å². The minimum absolute atomic E-state index is 0.167. The van der Waals surface area contributed by atoms with Crippen LogP contribution in [0.3, 0.4) is 0 Å². The Morgan fingerprint density at radius 1 is 1.00 bits per heavy atom. The standard InChI is InChI=1S/C27H28FN3O4/c1-17-4-10-21(11-5-17)30-27(33)31-13-12-19-14-24(34-2)25(35-3)15-22(19)23(31)16-29-26(32)18-6-8-20(28)9-7-18/h4-11,14-15,23H,12-13,16H2,1-3H3,(H,29,32)(H,30,33). The van der Waals surface area contributed by atoms with Crippen molar-refractivity contribution in [2.45, 2.75) is 19.4 Å². The van der Waals surface area contributed by atoms with Crippen molar-refractivity contribution in [2.24, 2.45) is 0 Å². The van der Waals surface area contributed by atoms with Gasteiger partial charge < -0.3 is 25.0 Å². The minimum Gasteiger partial charge on any atom is -0.493 e. The number of nitrogens with zero attached hydrogens (tertiary/aromatic N) is 1. The Morgan fingerprint density at radius 2 is 1.66 bits per heavy atom. The van der Waals surface area contributed by atoms with E-state index < -0.39 is 11.9 Å². The van der Waals surface area contributed by atoms with Gasteiger partial charge >= 0.3 is 6.03 Å². The number of hydrogen-bond donors (Lipinski definition) is 2. The summed E-state index contributed by atoms with van der Waals surface area (Å²) in [5.41, 5.74) is 4.01. The highest BCUT2D eigenvalue weighted by Gasteiger charge is 2.32. The predicted molar refractivity (Wildman–Crippen MR) is 132 cm³/mol. The zero-order valence-electron chi connectivity index (χ0n) is 19.9. The van der Waals surface area contributed by atoms with Crippen molar-refractivity contribution in [3.8, 4) is 11.5 Å². The van der Waals surface area contributed by atoms with Gasteiger partial charge in [-0.2, -0.15) is 0 Å². The van der Waals surface area contributed by atoms with Gasteiger partial charge in [0.2, 0.25) is 0 Å². The molecule has 3 aromatic rings. The summed E-state index contributed by atoms with van der Waals surface area (Å²) in [5.74, 6) is 0.388. The smallest absolute Gasteiger partial charge is 0.322 e. The Kier molecular flexibility index (Phi) is 7.19. The molecule has 3 aromatic carbocycles. The van der Waals surface area contributed by atoms with Crippen LogP contribution in [0.5, 0.6) is 11.5 Å². The molecule has 2 N–H and O–H groups in total. The fourth-order valence-electron chi connectivity index (χ4n) is 4.22. The van der Waals surface area contributed by atoms with Crippen LogP contribution in [0.25, 0.3) is 0 Å². The molecule has 1 atom stereocenters. The van der Waals surface area contributed by atoms with Gasteiger partial charge in [-0.15, -0.1) is 0 Å². The van der Waals surface area contributed by atoms with E-state index in [0.29, 0.717) is 35.7 Å². The summed E-state index contributed by atoms with van der Waals surface area (Å²) in [6.07, 6.45) is 0.624. The number of ether oxygens (including phenoxy) is 2. The second kappa shape index (κ2) is 10.5. The summed E-state index contributed by atoms with van der Waals surface area (Å²) >= 11 is 0. The molecule has 35 heavy (non-hydrogen) atoms. The number of carbonyl (C=O) groups excluding carboxylic acids is 2. The molecule has 0 fully saturated rings. The molecule has 8 heteroatoms. The summed E-state index contributed by atoms with van der Waals surface area (Å²) in [6.45, 7) is 2.60. The summed E-state index contributed by atoms with van der Waals surface area (Å²) in [4.78, 5) is 27.8. The molecule has 0 saturated heterocycles. The van der Waals surface area contributed by atoms with Gasteiger partial charge in [0.05, 0.1) is 20.3 Å². The molecule has 1 heterocycles. The third-order valence-electron chi connectivity index (χ3n) is 6.13. The van der Waals surface area contributed by atoms with Crippen molar-refractivity contribution < 1.29 is 23.5 Å². The number of carbonyl (C=O) groups is 2. The van der Waals surface area contributed by atoms with Crippen molar-refractivity contribution in [1.82, 2.24) is 10.2 Å². The highest BCUT2D eigenvalue weighted by Crippen LogP contribution is 2.38. The van der Waals surface area contributed by atoms with E-state index in [1.165, 1.54) is 24.3 Å². The molecule has 1 unspecified atom stereocenters. The molecule has 0 saturated carbocycles. The minimum atomic E-state index is -0.451. The fourth-order valence-corrected chi connectivity index (χ4v) is 4.22. The van der Waals surface area contributed by atoms with Crippen LogP contribution in [0, 0.1) is 12.7 Å². The molecule has 1 aliphatic rings. The van der Waals surface area contributed by atoms with Crippen molar-refractivity contribution in [3.63, 3.8) is 0 Å². The third kappa shape index (κ3) is 5.37. The number of aryl methyl sites for hydroxylation is 1. The van der Waals surface area contributed by atoms with Crippen LogP contribution < -0.4 is 20.1 Å². The Balaban J connectivity index is 1.62. The van der Waals surface area contributed by atoms with E-state index in [2.05, 4.69) is 10.6 Å². The summed E-state index contributed by atoms with van der Waals surface area (Å²) in [7, 11) is 3.13. The van der Waals surface area contributed by atoms with E-state index in [9.17, 15) is 14.0 Å². The molecule has 7 nitrogen and oxygen atoms in total. The van der Waals surface area contributed by atoms with Gasteiger partial charge in [-0.1, -0.05) is 17.7 Å². The SMILES string of the molecule is COc1cc2c(cc1OC)C(CNC(=O)c1ccc(F)cc1)N(C(=O)Nc1ccc(C)cc1)CC2. The van der Waals surface area contributed by atoms with Crippen LogP contribution >= 0.6 is 0 Å². The van der Waals surface area contributed by atoms with Crippen LogP contribution in [-0.2, 0) is 6.42 Å². The monoisotopic (exact) mass is 477 g/mol. The highest BCUT2D eigenvalue weighted by atomic mass is 19.1. The van der Waals surface area contributed by atoms with Crippen molar-refractivity contribution >= 4 is 17.6 Å². The van der Waals surface area contributed by atoms with E-state index in [0.717, 1.165) is 16.7 Å². The maximum absolute atomic E-state index is 13.3. The molecule has 0 aromatic heterocycles. The number of benzene rings is 3. The zero-order chi connectivity index (χ0) is 24.9. The lowest BCUT2D eigenvalue weighted by Crippen LogP contribution is -2.46. The van der Waals surface area contributed by atoms with Crippen molar-refractivity contribution in [3.05, 3.63) is 88.7 Å². The number of rotatable bonds is 6. The van der Waals surface area contributed by atoms with E-state index in [1.54, 1.807) is 19.1 Å². The molecule has 0 aliphatic carbocycles. The topological polar surface area (TPSA) is 79.9 Å². The molecule has 0 bridgehead atoms. The van der Waals surface area contributed by atoms with Crippen molar-refractivity contribution in [1.29, 1.82) is 0 Å². The first-order valence-electron chi connectivity index (χ1n) is 11.3. The summed E-state index contributed by atoms with van der Waals surface area (Å²) < 4.78 is 24.2. The second-order valence-corrected chi connectivity index (χ2v) is 8.38. The van der Waals surface area contributed by atoms with Gasteiger partial charge in [0.1, 0.15) is 5.82 Å². The average molecular weight is 478 g/mol. The van der Waals surface area contributed by atoms with E-state index >= 15 is 0 Å². The lowest BCUT2D eigenvalue weighted by molar-refractivity contribution is 0.0936. The number of anilines is 1. The lowest BCUT2D eigenvalue weighted by Gasteiger charge is -2.38. The van der Waals surface area contributed by atoms with Crippen LogP contribution in [0.1, 0.15) is 33.1 Å². The number of amides is 3. The van der Waals surface area contributed by atoms with E-state index in [-0.39, 0.29) is 18.5 Å². The molecule has 182 valence electrons. The van der Waals surface area contributed by atoms with Crippen LogP contribution in [0.4, 0.5) is 14.9 Å². The Bertz CT molecular complexity index is 1210. The number of nitrogens with one attached hydrogen (secondary N) is 2. The average Bonchev–Trinajstić information content (AvgIpc) is 2.87. The van der Waals surface area contributed by atoms with E-state index in [1.807, 2.05) is 43.3 Å². The van der Waals surface area contributed by atoms with E-state index in [4.69, 9.17) is 9.47 Å². The van der Waals surface area contributed by atoms with Crippen LogP contribution in [-0.4, -0.2) is 44.1 Å². The van der Waals surface area contributed by atoms with Gasteiger partial charge in [0.25, 0.3) is 5.91 Å². The number of hydrogen-bond acceptors (Lipinski definition) is 4.